The lowest BCUT2D eigenvalue weighted by Gasteiger charge is -2.13. The third-order valence-corrected chi connectivity index (χ3v) is 3.12. The van der Waals surface area contributed by atoms with Gasteiger partial charge in [-0.3, -0.25) is 4.79 Å². The van der Waals surface area contributed by atoms with Crippen molar-refractivity contribution in [3.05, 3.63) is 30.3 Å². The fourth-order valence-corrected chi connectivity index (χ4v) is 2.10. The summed E-state index contributed by atoms with van der Waals surface area (Å²) in [5.41, 5.74) is 1.79. The molecule has 0 saturated carbocycles. The van der Waals surface area contributed by atoms with Gasteiger partial charge in [0, 0.05) is 5.71 Å². The van der Waals surface area contributed by atoms with Gasteiger partial charge in [0.05, 0.1) is 11.6 Å². The molecule has 2 rings (SSSR count). The van der Waals surface area contributed by atoms with E-state index in [0.717, 1.165) is 30.7 Å². The van der Waals surface area contributed by atoms with Gasteiger partial charge in [0.1, 0.15) is 0 Å². The molecule has 90 valence electrons. The predicted octanol–water partition coefficient (Wildman–Crippen LogP) is 3.22. The number of rotatable bonds is 4. The highest BCUT2D eigenvalue weighted by Crippen LogP contribution is 2.26. The molecule has 1 aliphatic rings. The van der Waals surface area contributed by atoms with Gasteiger partial charge in [-0.15, -0.1) is 0 Å². The van der Waals surface area contributed by atoms with E-state index >= 15 is 0 Å². The van der Waals surface area contributed by atoms with E-state index in [0.29, 0.717) is 0 Å². The Kier molecular flexibility index (Phi) is 3.57. The first-order chi connectivity index (χ1) is 8.24. The van der Waals surface area contributed by atoms with Crippen molar-refractivity contribution in [3.8, 4) is 0 Å². The first-order valence-electron chi connectivity index (χ1n) is 6.18. The number of para-hydroxylation sites is 1. The number of amides is 1. The number of anilines is 1. The summed E-state index contributed by atoms with van der Waals surface area (Å²) >= 11 is 0. The van der Waals surface area contributed by atoms with E-state index in [-0.39, 0.29) is 11.8 Å². The van der Waals surface area contributed by atoms with Crippen molar-refractivity contribution in [1.82, 2.24) is 0 Å². The molecule has 0 bridgehead atoms. The average Bonchev–Trinajstić information content (AvgIpc) is 2.64. The predicted molar refractivity (Wildman–Crippen MR) is 70.1 cm³/mol. The molecule has 0 radical (unpaired) electrons. The zero-order valence-corrected chi connectivity index (χ0v) is 10.4. The van der Waals surface area contributed by atoms with Crippen LogP contribution in [-0.4, -0.2) is 11.6 Å². The molecule has 0 spiro atoms. The lowest BCUT2D eigenvalue weighted by Crippen LogP contribution is -2.26. The van der Waals surface area contributed by atoms with Crippen molar-refractivity contribution in [2.45, 2.75) is 33.1 Å². The van der Waals surface area contributed by atoms with Gasteiger partial charge in [0.2, 0.25) is 0 Å². The van der Waals surface area contributed by atoms with Crippen LogP contribution in [-0.2, 0) is 4.79 Å². The molecule has 1 aliphatic heterocycles. The normalized spacial score (nSPS) is 19.6. The molecule has 3 nitrogen and oxygen atoms in total. The molecule has 1 atom stereocenters. The standard InChI is InChI=1S/C14H18N2O/c1-3-4-10-13-11(2)15-16(14(13)17)12-8-6-5-7-9-12/h5-9,13H,3-4,10H2,1-2H3. The summed E-state index contributed by atoms with van der Waals surface area (Å²) in [6.45, 7) is 4.09. The minimum absolute atomic E-state index is 0.0184. The minimum atomic E-state index is -0.0184. The van der Waals surface area contributed by atoms with Gasteiger partial charge in [-0.2, -0.15) is 5.10 Å². The van der Waals surface area contributed by atoms with Crippen LogP contribution < -0.4 is 5.01 Å². The smallest absolute Gasteiger partial charge is 0.256 e. The lowest BCUT2D eigenvalue weighted by atomic mass is 9.98. The Morgan fingerprint density at radius 1 is 1.29 bits per heavy atom. The topological polar surface area (TPSA) is 32.7 Å². The van der Waals surface area contributed by atoms with Crippen molar-refractivity contribution >= 4 is 17.3 Å². The maximum absolute atomic E-state index is 12.2. The second-order valence-electron chi connectivity index (χ2n) is 4.42. The Balaban J connectivity index is 2.16. The number of carbonyl (C=O) groups is 1. The van der Waals surface area contributed by atoms with Crippen LogP contribution in [0.5, 0.6) is 0 Å². The number of unbranched alkanes of at least 4 members (excludes halogenated alkanes) is 1. The van der Waals surface area contributed by atoms with Crippen LogP contribution in [0.3, 0.4) is 0 Å². The molecule has 0 aliphatic carbocycles. The average molecular weight is 230 g/mol. The third kappa shape index (κ3) is 2.38. The number of hydrogen-bond acceptors (Lipinski definition) is 2. The highest BCUT2D eigenvalue weighted by molar-refractivity contribution is 6.14. The van der Waals surface area contributed by atoms with Crippen molar-refractivity contribution in [1.29, 1.82) is 0 Å². The van der Waals surface area contributed by atoms with E-state index in [1.807, 2.05) is 37.3 Å². The largest absolute Gasteiger partial charge is 0.272 e. The molecule has 0 saturated heterocycles. The molecule has 1 heterocycles. The van der Waals surface area contributed by atoms with Crippen LogP contribution in [0.2, 0.25) is 0 Å². The van der Waals surface area contributed by atoms with Gasteiger partial charge in [-0.25, -0.2) is 5.01 Å². The molecule has 3 heteroatoms. The first kappa shape index (κ1) is 11.8. The van der Waals surface area contributed by atoms with Crippen LogP contribution in [0.4, 0.5) is 5.69 Å². The Morgan fingerprint density at radius 3 is 2.65 bits per heavy atom. The van der Waals surface area contributed by atoms with Crippen LogP contribution in [0.15, 0.2) is 35.4 Å². The van der Waals surface area contributed by atoms with Gasteiger partial charge in [0.25, 0.3) is 5.91 Å². The summed E-state index contributed by atoms with van der Waals surface area (Å²) in [7, 11) is 0. The molecule has 1 amide bonds. The maximum atomic E-state index is 12.2. The van der Waals surface area contributed by atoms with E-state index < -0.39 is 0 Å². The van der Waals surface area contributed by atoms with Gasteiger partial charge in [-0.1, -0.05) is 38.0 Å². The molecule has 1 aromatic rings. The quantitative estimate of drug-likeness (QED) is 0.781. The van der Waals surface area contributed by atoms with Crippen LogP contribution in [0, 0.1) is 5.92 Å². The van der Waals surface area contributed by atoms with Crippen molar-refractivity contribution in [2.75, 3.05) is 5.01 Å². The fourth-order valence-electron chi connectivity index (χ4n) is 2.10. The molecular weight excluding hydrogens is 212 g/mol. The van der Waals surface area contributed by atoms with Gasteiger partial charge >= 0.3 is 0 Å². The Bertz CT molecular complexity index is 425. The van der Waals surface area contributed by atoms with E-state index in [1.54, 1.807) is 0 Å². The number of hydrazone groups is 1. The SMILES string of the molecule is CCCCC1C(=O)N(c2ccccc2)N=C1C. The second-order valence-corrected chi connectivity index (χ2v) is 4.42. The second kappa shape index (κ2) is 5.13. The van der Waals surface area contributed by atoms with Crippen molar-refractivity contribution < 1.29 is 4.79 Å². The summed E-state index contributed by atoms with van der Waals surface area (Å²) in [4.78, 5) is 12.2. The van der Waals surface area contributed by atoms with E-state index in [2.05, 4.69) is 12.0 Å². The van der Waals surface area contributed by atoms with Crippen LogP contribution in [0.25, 0.3) is 0 Å². The molecule has 1 unspecified atom stereocenters. The molecule has 0 fully saturated rings. The Hall–Kier alpha value is -1.64. The van der Waals surface area contributed by atoms with Crippen LogP contribution >= 0.6 is 0 Å². The van der Waals surface area contributed by atoms with Crippen molar-refractivity contribution in [3.63, 3.8) is 0 Å². The molecule has 0 aromatic heterocycles. The zero-order chi connectivity index (χ0) is 12.3. The van der Waals surface area contributed by atoms with E-state index in [1.165, 1.54) is 5.01 Å². The maximum Gasteiger partial charge on any atom is 0.256 e. The monoisotopic (exact) mass is 230 g/mol. The van der Waals surface area contributed by atoms with Crippen molar-refractivity contribution in [2.24, 2.45) is 11.0 Å². The molecule has 1 aromatic carbocycles. The van der Waals surface area contributed by atoms with Crippen LogP contribution in [0.1, 0.15) is 33.1 Å². The number of carbonyl (C=O) groups excluding carboxylic acids is 1. The summed E-state index contributed by atoms with van der Waals surface area (Å²) in [6, 6.07) is 9.61. The highest BCUT2D eigenvalue weighted by atomic mass is 16.2. The first-order valence-corrected chi connectivity index (χ1v) is 6.18. The third-order valence-electron chi connectivity index (χ3n) is 3.12. The summed E-state index contributed by atoms with van der Waals surface area (Å²) in [6.07, 6.45) is 3.10. The Morgan fingerprint density at radius 2 is 2.00 bits per heavy atom. The fraction of sp³-hybridized carbons (Fsp3) is 0.429. The highest BCUT2D eigenvalue weighted by Gasteiger charge is 2.33. The van der Waals surface area contributed by atoms with Gasteiger partial charge in [-0.05, 0) is 25.5 Å². The van der Waals surface area contributed by atoms with Gasteiger partial charge < -0.3 is 0 Å². The molecule has 0 N–H and O–H groups in total. The number of hydrogen-bond donors (Lipinski definition) is 0. The van der Waals surface area contributed by atoms with E-state index in [4.69, 9.17) is 0 Å². The number of nitrogens with zero attached hydrogens (tertiary/aromatic N) is 2. The molecule has 17 heavy (non-hydrogen) atoms. The molecular formula is C14H18N2O. The number of benzene rings is 1. The Labute approximate surface area is 102 Å². The summed E-state index contributed by atoms with van der Waals surface area (Å²) in [5, 5.41) is 5.91. The lowest BCUT2D eigenvalue weighted by molar-refractivity contribution is -0.119. The summed E-state index contributed by atoms with van der Waals surface area (Å²) < 4.78 is 0. The van der Waals surface area contributed by atoms with E-state index in [9.17, 15) is 4.79 Å². The minimum Gasteiger partial charge on any atom is -0.272 e. The van der Waals surface area contributed by atoms with Gasteiger partial charge in [0.15, 0.2) is 0 Å². The zero-order valence-electron chi connectivity index (χ0n) is 10.4. The summed E-state index contributed by atoms with van der Waals surface area (Å²) in [5.74, 6) is 0.0947.